The summed E-state index contributed by atoms with van der Waals surface area (Å²) in [6, 6.07) is 108. The Morgan fingerprint density at radius 3 is 1.02 bits per heavy atom. The highest BCUT2D eigenvalue weighted by atomic mass is 32.1. The molecule has 1 aliphatic rings. The van der Waals surface area contributed by atoms with Crippen molar-refractivity contribution in [2.24, 2.45) is 0 Å². The molecule has 0 aliphatic heterocycles. The van der Waals surface area contributed by atoms with Gasteiger partial charge >= 0.3 is 0 Å². The van der Waals surface area contributed by atoms with Crippen molar-refractivity contribution >= 4 is 63.0 Å². The van der Waals surface area contributed by atoms with Gasteiger partial charge in [0.2, 0.25) is 0 Å². The second kappa shape index (κ2) is 22.9. The summed E-state index contributed by atoms with van der Waals surface area (Å²) in [6.07, 6.45) is 0. The second-order valence-electron chi connectivity index (χ2n) is 24.9. The number of nitrogens with zero attached hydrogens (tertiary/aromatic N) is 6. The van der Waals surface area contributed by atoms with E-state index in [-0.39, 0.29) is 5.41 Å². The summed E-state index contributed by atoms with van der Waals surface area (Å²) in [7, 11) is 0. The third-order valence-corrected chi connectivity index (χ3v) is 21.4. The number of hydrogen-bond acceptors (Lipinski definition) is 8. The van der Waals surface area contributed by atoms with E-state index in [9.17, 15) is 0 Å². The summed E-state index contributed by atoms with van der Waals surface area (Å²) in [5.41, 5.74) is 22.2. The third kappa shape index (κ3) is 9.84. The molecule has 0 spiro atoms. The van der Waals surface area contributed by atoms with Crippen molar-refractivity contribution < 1.29 is 0 Å². The van der Waals surface area contributed by atoms with Crippen LogP contribution in [0.15, 0.2) is 303 Å². The van der Waals surface area contributed by atoms with Gasteiger partial charge in [-0.3, -0.25) is 0 Å². The Hall–Kier alpha value is -11.7. The van der Waals surface area contributed by atoms with Crippen LogP contribution in [0.1, 0.15) is 25.0 Å². The van der Waals surface area contributed by atoms with Gasteiger partial charge in [0.05, 0.1) is 0 Å². The maximum atomic E-state index is 5.35. The van der Waals surface area contributed by atoms with Crippen molar-refractivity contribution in [3.63, 3.8) is 0 Å². The van der Waals surface area contributed by atoms with Crippen LogP contribution < -0.4 is 0 Å². The molecule has 446 valence electrons. The highest BCUT2D eigenvalue weighted by Gasteiger charge is 2.35. The lowest BCUT2D eigenvalue weighted by Crippen LogP contribution is -2.15. The smallest absolute Gasteiger partial charge is 0.165 e. The molecule has 0 N–H and O–H groups in total. The van der Waals surface area contributed by atoms with Crippen LogP contribution in [0.5, 0.6) is 0 Å². The molecular formula is C87H56N6S2. The Morgan fingerprint density at radius 2 is 0.505 bits per heavy atom. The Kier molecular flexibility index (Phi) is 13.5. The molecule has 18 rings (SSSR count). The van der Waals surface area contributed by atoms with Crippen LogP contribution in [0.4, 0.5) is 0 Å². The predicted octanol–water partition coefficient (Wildman–Crippen LogP) is 23.4. The van der Waals surface area contributed by atoms with E-state index in [1.54, 1.807) is 11.3 Å². The minimum atomic E-state index is -0.169. The first-order valence-electron chi connectivity index (χ1n) is 32.1. The largest absolute Gasteiger partial charge is 0.208 e. The maximum Gasteiger partial charge on any atom is 0.165 e. The Bertz CT molecular complexity index is 5880. The van der Waals surface area contributed by atoms with Crippen LogP contribution in [-0.2, 0) is 5.41 Å². The van der Waals surface area contributed by atoms with Gasteiger partial charge in [0.1, 0.15) is 0 Å². The fourth-order valence-electron chi connectivity index (χ4n) is 14.0. The zero-order valence-corrected chi connectivity index (χ0v) is 53.5. The second-order valence-corrected chi connectivity index (χ2v) is 26.9. The molecule has 0 atom stereocenters. The lowest BCUT2D eigenvalue weighted by molar-refractivity contribution is 0.660. The number of benzene rings is 13. The molecule has 95 heavy (non-hydrogen) atoms. The average molecular weight is 1250 g/mol. The quantitative estimate of drug-likeness (QED) is 0.128. The lowest BCUT2D eigenvalue weighted by Gasteiger charge is -2.21. The van der Waals surface area contributed by atoms with Gasteiger partial charge in [-0.25, -0.2) is 29.9 Å². The summed E-state index contributed by atoms with van der Waals surface area (Å²) in [6.45, 7) is 4.62. The Balaban J connectivity index is 0.677. The van der Waals surface area contributed by atoms with E-state index in [4.69, 9.17) is 29.9 Å². The van der Waals surface area contributed by atoms with Gasteiger partial charge in [0, 0.05) is 79.1 Å². The van der Waals surface area contributed by atoms with E-state index in [1.165, 1.54) is 80.3 Å². The number of aromatic nitrogens is 6. The van der Waals surface area contributed by atoms with E-state index in [1.807, 2.05) is 47.7 Å². The van der Waals surface area contributed by atoms with Gasteiger partial charge < -0.3 is 0 Å². The molecule has 0 saturated carbocycles. The molecule has 4 aromatic heterocycles. The Morgan fingerprint density at radius 1 is 0.200 bits per heavy atom. The SMILES string of the molecule is CC1(C)c2ccccc2-c2ccc(-c3nc(-c4ccccc4)nc(-c4cccc5c4sc4c(-c6cccc(-c7cccc(-c8nc(-c9ccccc9)nc(-c9ccc(-c%10cccc%11c%10sc%10c(-c%12cccc(-c%13ccccc%13)c%12)cccc%10%11)cc9)n8)c7)c6)cccc45)n3)cc21. The molecule has 1 aliphatic carbocycles. The summed E-state index contributed by atoms with van der Waals surface area (Å²) >= 11 is 3.66. The molecule has 4 heterocycles. The highest BCUT2D eigenvalue weighted by molar-refractivity contribution is 7.27. The summed E-state index contributed by atoms with van der Waals surface area (Å²) in [5.74, 6) is 3.76. The molecular weight excluding hydrogens is 1190 g/mol. The third-order valence-electron chi connectivity index (χ3n) is 18.8. The van der Waals surface area contributed by atoms with E-state index in [2.05, 4.69) is 281 Å². The average Bonchev–Trinajstić information content (AvgIpc) is 1.63. The van der Waals surface area contributed by atoms with Gasteiger partial charge in [0.15, 0.2) is 34.9 Å². The van der Waals surface area contributed by atoms with Crippen LogP contribution in [0.2, 0.25) is 0 Å². The standard InChI is InChI=1S/C87H56N6S2/c1-87(2)75-42-13-12-33-68(75)69-48-47-64(52-76(69)87)85-90-82(56-25-10-5-11-26-56)92-86(93-85)74-41-20-40-73-72-39-19-36-67(79(72)95-80(73)74)62-31-15-28-59(50-62)60-29-16-32-63(51-60)84-89-81(55-23-8-4-9-24-55)88-83(91-84)57-45-43-54(44-46-57)65-34-17-37-70-71-38-18-35-66(78(71)94-77(65)70)61-30-14-27-58(49-61)53-21-6-3-7-22-53/h3-52H,1-2H3. The molecule has 0 unspecified atom stereocenters. The molecule has 6 nitrogen and oxygen atoms in total. The summed E-state index contributed by atoms with van der Waals surface area (Å²) < 4.78 is 4.88. The molecule has 0 fully saturated rings. The topological polar surface area (TPSA) is 77.3 Å². The van der Waals surface area contributed by atoms with E-state index < -0.39 is 0 Å². The van der Waals surface area contributed by atoms with Crippen molar-refractivity contribution in [1.82, 2.24) is 29.9 Å². The van der Waals surface area contributed by atoms with Crippen molar-refractivity contribution in [1.29, 1.82) is 0 Å². The number of fused-ring (bicyclic) bond motifs is 9. The van der Waals surface area contributed by atoms with Gasteiger partial charge in [-0.1, -0.05) is 287 Å². The minimum absolute atomic E-state index is 0.169. The molecule has 0 amide bonds. The highest BCUT2D eigenvalue weighted by Crippen LogP contribution is 2.51. The first-order chi connectivity index (χ1) is 46.8. The summed E-state index contributed by atoms with van der Waals surface area (Å²) in [5, 5.41) is 4.87. The fraction of sp³-hybridized carbons (Fsp3) is 0.0345. The van der Waals surface area contributed by atoms with Gasteiger partial charge in [-0.2, -0.15) is 0 Å². The van der Waals surface area contributed by atoms with Crippen LogP contribution in [-0.4, -0.2) is 29.9 Å². The first-order valence-corrected chi connectivity index (χ1v) is 33.7. The summed E-state index contributed by atoms with van der Waals surface area (Å²) in [4.78, 5) is 31.4. The van der Waals surface area contributed by atoms with E-state index in [0.717, 1.165) is 71.3 Å². The van der Waals surface area contributed by atoms with Gasteiger partial charge in [-0.15, -0.1) is 22.7 Å². The van der Waals surface area contributed by atoms with Gasteiger partial charge in [-0.05, 0) is 108 Å². The zero-order valence-electron chi connectivity index (χ0n) is 51.9. The van der Waals surface area contributed by atoms with Crippen LogP contribution in [0, 0.1) is 0 Å². The van der Waals surface area contributed by atoms with Gasteiger partial charge in [0.25, 0.3) is 0 Å². The molecule has 13 aromatic carbocycles. The van der Waals surface area contributed by atoms with Crippen LogP contribution >= 0.6 is 22.7 Å². The minimum Gasteiger partial charge on any atom is -0.208 e. The predicted molar refractivity (Wildman–Crippen MR) is 396 cm³/mol. The number of thiophene rings is 2. The molecule has 17 aromatic rings. The van der Waals surface area contributed by atoms with E-state index >= 15 is 0 Å². The van der Waals surface area contributed by atoms with Crippen molar-refractivity contribution in [3.05, 3.63) is 314 Å². The van der Waals surface area contributed by atoms with Crippen molar-refractivity contribution in [3.8, 4) is 135 Å². The monoisotopic (exact) mass is 1250 g/mol. The first kappa shape index (κ1) is 56.1. The fourth-order valence-corrected chi connectivity index (χ4v) is 16.8. The zero-order chi connectivity index (χ0) is 63.1. The molecule has 0 radical (unpaired) electrons. The Labute approximate surface area is 558 Å². The van der Waals surface area contributed by atoms with E-state index in [0.29, 0.717) is 34.9 Å². The molecule has 0 saturated heterocycles. The van der Waals surface area contributed by atoms with Crippen molar-refractivity contribution in [2.45, 2.75) is 19.3 Å². The maximum absolute atomic E-state index is 5.35. The molecule has 8 heteroatoms. The van der Waals surface area contributed by atoms with Crippen molar-refractivity contribution in [2.75, 3.05) is 0 Å². The number of rotatable bonds is 11. The number of hydrogen-bond donors (Lipinski definition) is 0. The van der Waals surface area contributed by atoms with Crippen LogP contribution in [0.3, 0.4) is 0 Å². The van der Waals surface area contributed by atoms with Crippen LogP contribution in [0.25, 0.3) is 175 Å². The lowest BCUT2D eigenvalue weighted by atomic mass is 9.82. The normalized spacial score (nSPS) is 12.4. The molecule has 0 bridgehead atoms.